The highest BCUT2D eigenvalue weighted by Crippen LogP contribution is 2.32. The normalized spacial score (nSPS) is 17.2. The van der Waals surface area contributed by atoms with E-state index in [1.165, 1.54) is 32.1 Å². The number of nitrogens with one attached hydrogen (secondary N) is 2. The number of rotatable bonds is 6. The van der Waals surface area contributed by atoms with Gasteiger partial charge in [-0.2, -0.15) is 5.10 Å². The van der Waals surface area contributed by atoms with Crippen molar-refractivity contribution in [3.05, 3.63) is 11.8 Å². The molecule has 0 aromatic carbocycles. The molecule has 1 heterocycles. The number of aliphatic hydroxyl groups excluding tert-OH is 1. The molecule has 0 spiro atoms. The zero-order valence-corrected chi connectivity index (χ0v) is 13.6. The quantitative estimate of drug-likeness (QED) is 0.756. The molecule has 3 N–H and O–H groups in total. The van der Waals surface area contributed by atoms with E-state index in [0.717, 1.165) is 17.9 Å². The fraction of sp³-hybridized carbons (Fsp3) is 0.750. The van der Waals surface area contributed by atoms with Gasteiger partial charge in [-0.15, -0.1) is 0 Å². The molecular formula is C16H28N4O2. The van der Waals surface area contributed by atoms with Crippen LogP contribution in [0.5, 0.6) is 0 Å². The molecule has 1 unspecified atom stereocenters. The fourth-order valence-electron chi connectivity index (χ4n) is 3.05. The summed E-state index contributed by atoms with van der Waals surface area (Å²) < 4.78 is 1.74. The van der Waals surface area contributed by atoms with E-state index in [-0.39, 0.29) is 18.7 Å². The Balaban J connectivity index is 1.89. The predicted molar refractivity (Wildman–Crippen MR) is 87.0 cm³/mol. The van der Waals surface area contributed by atoms with Crippen LogP contribution in [0.3, 0.4) is 0 Å². The number of carbonyl (C=O) groups excluding carboxylic acids is 1. The van der Waals surface area contributed by atoms with Crippen molar-refractivity contribution in [2.24, 2.45) is 7.05 Å². The lowest BCUT2D eigenvalue weighted by Crippen LogP contribution is -2.36. The van der Waals surface area contributed by atoms with Gasteiger partial charge in [0.05, 0.1) is 5.69 Å². The Morgan fingerprint density at radius 3 is 2.86 bits per heavy atom. The molecule has 1 saturated carbocycles. The Morgan fingerprint density at radius 2 is 2.18 bits per heavy atom. The van der Waals surface area contributed by atoms with Crippen LogP contribution < -0.4 is 10.6 Å². The van der Waals surface area contributed by atoms with Crippen LogP contribution in [0.2, 0.25) is 0 Å². The van der Waals surface area contributed by atoms with Gasteiger partial charge in [0.25, 0.3) is 0 Å². The Kier molecular flexibility index (Phi) is 6.24. The van der Waals surface area contributed by atoms with Gasteiger partial charge < -0.3 is 10.4 Å². The third-order valence-electron chi connectivity index (χ3n) is 4.34. The number of amides is 2. The average Bonchev–Trinajstić information content (AvgIpc) is 2.87. The smallest absolute Gasteiger partial charge is 0.320 e. The number of nitrogens with zero attached hydrogens (tertiary/aromatic N) is 2. The van der Waals surface area contributed by atoms with Crippen LogP contribution in [0.25, 0.3) is 0 Å². The van der Waals surface area contributed by atoms with Gasteiger partial charge in [0.15, 0.2) is 0 Å². The van der Waals surface area contributed by atoms with E-state index in [1.54, 1.807) is 4.68 Å². The van der Waals surface area contributed by atoms with Crippen molar-refractivity contribution in [3.63, 3.8) is 0 Å². The van der Waals surface area contributed by atoms with Crippen LogP contribution in [-0.4, -0.2) is 33.6 Å². The van der Waals surface area contributed by atoms with Crippen molar-refractivity contribution in [3.8, 4) is 0 Å². The van der Waals surface area contributed by atoms with Crippen LogP contribution in [0.4, 0.5) is 10.6 Å². The first-order valence-corrected chi connectivity index (χ1v) is 8.32. The van der Waals surface area contributed by atoms with Gasteiger partial charge in [0, 0.05) is 31.7 Å². The molecule has 1 aromatic rings. The standard InChI is InChI=1S/C16H28N4O2/c1-12(7-6-10-21)17-16(22)18-15-11-14(19-20(15)2)13-8-4-3-5-9-13/h11-13,21H,3-10H2,1-2H3,(H2,17,18,22). The largest absolute Gasteiger partial charge is 0.396 e. The number of aryl methyl sites for hydroxylation is 1. The zero-order valence-electron chi connectivity index (χ0n) is 13.6. The summed E-state index contributed by atoms with van der Waals surface area (Å²) in [5, 5.41) is 19.1. The van der Waals surface area contributed by atoms with E-state index >= 15 is 0 Å². The highest BCUT2D eigenvalue weighted by atomic mass is 16.3. The minimum absolute atomic E-state index is 0.0400. The third-order valence-corrected chi connectivity index (χ3v) is 4.34. The molecule has 2 rings (SSSR count). The summed E-state index contributed by atoms with van der Waals surface area (Å²) in [5.74, 6) is 1.26. The van der Waals surface area contributed by atoms with Gasteiger partial charge in [-0.1, -0.05) is 19.3 Å². The van der Waals surface area contributed by atoms with Gasteiger partial charge in [-0.3, -0.25) is 10.00 Å². The summed E-state index contributed by atoms with van der Waals surface area (Å²) in [6.07, 6.45) is 7.71. The molecule has 0 radical (unpaired) electrons. The number of hydrogen-bond donors (Lipinski definition) is 3. The van der Waals surface area contributed by atoms with Gasteiger partial charge in [-0.25, -0.2) is 4.79 Å². The second kappa shape index (κ2) is 8.17. The van der Waals surface area contributed by atoms with Crippen molar-refractivity contribution in [2.45, 2.75) is 63.8 Å². The van der Waals surface area contributed by atoms with Crippen LogP contribution in [0.1, 0.15) is 63.5 Å². The molecule has 124 valence electrons. The minimum atomic E-state index is -0.219. The van der Waals surface area contributed by atoms with E-state index in [4.69, 9.17) is 5.11 Å². The Bertz CT molecular complexity index is 480. The van der Waals surface area contributed by atoms with Crippen molar-refractivity contribution >= 4 is 11.8 Å². The van der Waals surface area contributed by atoms with Crippen LogP contribution in [-0.2, 0) is 7.05 Å². The predicted octanol–water partition coefficient (Wildman–Crippen LogP) is 2.75. The highest BCUT2D eigenvalue weighted by Gasteiger charge is 2.20. The van der Waals surface area contributed by atoms with Gasteiger partial charge in [-0.05, 0) is 32.6 Å². The number of carbonyl (C=O) groups is 1. The lowest BCUT2D eigenvalue weighted by atomic mass is 9.87. The zero-order chi connectivity index (χ0) is 15.9. The number of aliphatic hydroxyl groups is 1. The Labute approximate surface area is 132 Å². The van der Waals surface area contributed by atoms with E-state index in [0.29, 0.717) is 12.3 Å². The first-order chi connectivity index (χ1) is 10.6. The third kappa shape index (κ3) is 4.73. The van der Waals surface area contributed by atoms with Crippen LogP contribution in [0, 0.1) is 0 Å². The topological polar surface area (TPSA) is 79.2 Å². The first kappa shape index (κ1) is 16.8. The molecule has 0 saturated heterocycles. The molecule has 6 nitrogen and oxygen atoms in total. The first-order valence-electron chi connectivity index (χ1n) is 8.32. The molecule has 6 heteroatoms. The molecule has 1 atom stereocenters. The molecule has 1 aliphatic carbocycles. The molecule has 2 amide bonds. The molecule has 1 aromatic heterocycles. The number of anilines is 1. The van der Waals surface area contributed by atoms with E-state index in [1.807, 2.05) is 20.0 Å². The van der Waals surface area contributed by atoms with Crippen LogP contribution >= 0.6 is 0 Å². The fourth-order valence-corrected chi connectivity index (χ4v) is 3.05. The van der Waals surface area contributed by atoms with Gasteiger partial charge in [0.1, 0.15) is 5.82 Å². The van der Waals surface area contributed by atoms with Crippen molar-refractivity contribution in [1.82, 2.24) is 15.1 Å². The lowest BCUT2D eigenvalue weighted by molar-refractivity contribution is 0.245. The maximum absolute atomic E-state index is 12.0. The molecule has 1 fully saturated rings. The molecule has 0 aliphatic heterocycles. The number of urea groups is 1. The number of aromatic nitrogens is 2. The maximum atomic E-state index is 12.0. The van der Waals surface area contributed by atoms with Crippen molar-refractivity contribution < 1.29 is 9.90 Å². The van der Waals surface area contributed by atoms with Crippen molar-refractivity contribution in [2.75, 3.05) is 11.9 Å². The second-order valence-corrected chi connectivity index (χ2v) is 6.28. The van der Waals surface area contributed by atoms with Crippen molar-refractivity contribution in [1.29, 1.82) is 0 Å². The monoisotopic (exact) mass is 308 g/mol. The minimum Gasteiger partial charge on any atom is -0.396 e. The summed E-state index contributed by atoms with van der Waals surface area (Å²) in [6, 6.07) is 1.82. The summed E-state index contributed by atoms with van der Waals surface area (Å²) in [5.41, 5.74) is 1.09. The SMILES string of the molecule is CC(CCCO)NC(=O)Nc1cc(C2CCCCC2)nn1C. The van der Waals surface area contributed by atoms with Crippen LogP contribution in [0.15, 0.2) is 6.07 Å². The highest BCUT2D eigenvalue weighted by molar-refractivity contribution is 5.88. The molecule has 1 aliphatic rings. The molecule has 22 heavy (non-hydrogen) atoms. The molecule has 0 bridgehead atoms. The Morgan fingerprint density at radius 1 is 1.45 bits per heavy atom. The second-order valence-electron chi connectivity index (χ2n) is 6.28. The average molecular weight is 308 g/mol. The summed E-state index contributed by atoms with van der Waals surface area (Å²) in [4.78, 5) is 12.0. The number of hydrogen-bond acceptors (Lipinski definition) is 3. The summed E-state index contributed by atoms with van der Waals surface area (Å²) in [7, 11) is 1.86. The maximum Gasteiger partial charge on any atom is 0.320 e. The van der Waals surface area contributed by atoms with E-state index in [9.17, 15) is 4.79 Å². The summed E-state index contributed by atoms with van der Waals surface area (Å²) in [6.45, 7) is 2.09. The summed E-state index contributed by atoms with van der Waals surface area (Å²) >= 11 is 0. The lowest BCUT2D eigenvalue weighted by Gasteiger charge is -2.19. The van der Waals surface area contributed by atoms with Gasteiger partial charge in [0.2, 0.25) is 0 Å². The van der Waals surface area contributed by atoms with E-state index in [2.05, 4.69) is 15.7 Å². The van der Waals surface area contributed by atoms with E-state index < -0.39 is 0 Å². The van der Waals surface area contributed by atoms with Gasteiger partial charge >= 0.3 is 6.03 Å². The Hall–Kier alpha value is -1.56. The molecular weight excluding hydrogens is 280 g/mol.